The fourth-order valence-electron chi connectivity index (χ4n) is 3.60. The summed E-state index contributed by atoms with van der Waals surface area (Å²) in [6.07, 6.45) is 5.37. The van der Waals surface area contributed by atoms with E-state index in [1.54, 1.807) is 12.4 Å². The van der Waals surface area contributed by atoms with E-state index >= 15 is 0 Å². The topological polar surface area (TPSA) is 92.2 Å². The van der Waals surface area contributed by atoms with E-state index in [-0.39, 0.29) is 0 Å². The molecule has 1 fully saturated rings. The van der Waals surface area contributed by atoms with Crippen molar-refractivity contribution in [1.82, 2.24) is 34.7 Å². The van der Waals surface area contributed by atoms with E-state index in [0.29, 0.717) is 17.6 Å². The van der Waals surface area contributed by atoms with Crippen LogP contribution < -0.4 is 10.1 Å². The average molecular weight is 475 g/mol. The van der Waals surface area contributed by atoms with Gasteiger partial charge in [-0.3, -0.25) is 9.88 Å². The number of aryl methyl sites for hydroxylation is 1. The number of hydrogen-bond donors (Lipinski definition) is 1. The summed E-state index contributed by atoms with van der Waals surface area (Å²) in [6.45, 7) is 7.03. The van der Waals surface area contributed by atoms with Crippen molar-refractivity contribution in [2.45, 2.75) is 13.5 Å². The summed E-state index contributed by atoms with van der Waals surface area (Å²) in [5.41, 5.74) is 2.55. The molecule has 1 N–H and O–H groups in total. The number of thiazole rings is 1. The van der Waals surface area contributed by atoms with Crippen molar-refractivity contribution in [3.63, 3.8) is 0 Å². The number of nitrogens with one attached hydrogen (secondary N) is 1. The quantitative estimate of drug-likeness (QED) is 0.427. The van der Waals surface area contributed by atoms with E-state index in [1.165, 1.54) is 11.3 Å². The van der Waals surface area contributed by atoms with Gasteiger partial charge in [0, 0.05) is 44.6 Å². The van der Waals surface area contributed by atoms with Crippen LogP contribution in [0.15, 0.2) is 55.0 Å². The molecule has 0 aliphatic carbocycles. The molecule has 0 spiro atoms. The highest BCUT2D eigenvalue weighted by atomic mass is 32.1. The Kier molecular flexibility index (Phi) is 6.70. The van der Waals surface area contributed by atoms with Crippen LogP contribution in [0.25, 0.3) is 10.6 Å². The standard InChI is InChI=1S/C24H26N8OS/c1-17-12-20(29-23(28-17)33-19-6-4-3-5-7-19)21-14-27-24(34-21)30-22-15-25-18(13-26-22)16-32-10-8-31(2)9-11-32/h3-7,12-15H,8-11,16H2,1-2H3,(H,26,27,30). The van der Waals surface area contributed by atoms with Crippen LogP contribution in [-0.4, -0.2) is 67.9 Å². The Labute approximate surface area is 202 Å². The third-order valence-corrected chi connectivity index (χ3v) is 6.40. The molecule has 1 aliphatic heterocycles. The van der Waals surface area contributed by atoms with E-state index in [1.807, 2.05) is 49.5 Å². The molecule has 1 aromatic carbocycles. The molecule has 4 aromatic rings. The molecule has 0 atom stereocenters. The molecule has 174 valence electrons. The van der Waals surface area contributed by atoms with E-state index < -0.39 is 0 Å². The first-order valence-electron chi connectivity index (χ1n) is 11.1. The normalized spacial score (nSPS) is 14.8. The van der Waals surface area contributed by atoms with Crippen LogP contribution in [0.2, 0.25) is 0 Å². The first-order valence-corrected chi connectivity index (χ1v) is 12.0. The van der Waals surface area contributed by atoms with Gasteiger partial charge in [-0.1, -0.05) is 29.5 Å². The number of piperazine rings is 1. The summed E-state index contributed by atoms with van der Waals surface area (Å²) in [4.78, 5) is 28.2. The van der Waals surface area contributed by atoms with Gasteiger partial charge in [0.05, 0.1) is 28.7 Å². The second-order valence-corrected chi connectivity index (χ2v) is 9.25. The number of benzene rings is 1. The summed E-state index contributed by atoms with van der Waals surface area (Å²) in [5.74, 6) is 1.36. The highest BCUT2D eigenvalue weighted by Crippen LogP contribution is 2.31. The van der Waals surface area contributed by atoms with Crippen molar-refractivity contribution in [2.75, 3.05) is 38.5 Å². The lowest BCUT2D eigenvalue weighted by molar-refractivity contribution is 0.147. The Bertz CT molecular complexity index is 1220. The zero-order chi connectivity index (χ0) is 23.3. The van der Waals surface area contributed by atoms with Gasteiger partial charge in [0.25, 0.3) is 0 Å². The molecular weight excluding hydrogens is 448 g/mol. The molecule has 1 aliphatic rings. The fraction of sp³-hybridized carbons (Fsp3) is 0.292. The maximum absolute atomic E-state index is 5.82. The van der Waals surface area contributed by atoms with Gasteiger partial charge in [0.1, 0.15) is 5.75 Å². The average Bonchev–Trinajstić information content (AvgIpc) is 3.31. The van der Waals surface area contributed by atoms with E-state index in [9.17, 15) is 0 Å². The maximum Gasteiger partial charge on any atom is 0.322 e. The molecule has 3 aromatic heterocycles. The zero-order valence-corrected chi connectivity index (χ0v) is 20.0. The molecule has 4 heterocycles. The minimum Gasteiger partial charge on any atom is -0.424 e. The Morgan fingerprint density at radius 3 is 2.56 bits per heavy atom. The maximum atomic E-state index is 5.82. The first-order chi connectivity index (χ1) is 16.6. The SMILES string of the molecule is Cc1cc(-c2cnc(Nc3cnc(CN4CCN(C)CC4)cn3)s2)nc(Oc2ccccc2)n1. The Balaban J connectivity index is 1.23. The third-order valence-electron chi connectivity index (χ3n) is 5.47. The molecule has 5 rings (SSSR count). The second kappa shape index (κ2) is 10.2. The van der Waals surface area contributed by atoms with E-state index in [2.05, 4.69) is 47.1 Å². The molecule has 0 saturated carbocycles. The fourth-order valence-corrected chi connectivity index (χ4v) is 4.39. The molecular formula is C24H26N8OS. The molecule has 0 amide bonds. The van der Waals surface area contributed by atoms with Gasteiger partial charge < -0.3 is 15.0 Å². The summed E-state index contributed by atoms with van der Waals surface area (Å²) in [5, 5.41) is 3.96. The molecule has 0 radical (unpaired) electrons. The van der Waals surface area contributed by atoms with Crippen molar-refractivity contribution >= 4 is 22.3 Å². The predicted octanol–water partition coefficient (Wildman–Crippen LogP) is 3.98. The molecule has 0 bridgehead atoms. The van der Waals surface area contributed by atoms with Crippen LogP contribution in [0.5, 0.6) is 11.8 Å². The van der Waals surface area contributed by atoms with Crippen LogP contribution in [0, 0.1) is 6.92 Å². The van der Waals surface area contributed by atoms with E-state index in [4.69, 9.17) is 4.74 Å². The molecule has 0 unspecified atom stereocenters. The molecule has 34 heavy (non-hydrogen) atoms. The number of aromatic nitrogens is 5. The predicted molar refractivity (Wildman–Crippen MR) is 132 cm³/mol. The van der Waals surface area contributed by atoms with Gasteiger partial charge in [-0.15, -0.1) is 0 Å². The lowest BCUT2D eigenvalue weighted by Crippen LogP contribution is -2.44. The monoisotopic (exact) mass is 474 g/mol. The summed E-state index contributed by atoms with van der Waals surface area (Å²) >= 11 is 1.49. The van der Waals surface area contributed by atoms with Crippen LogP contribution in [0.1, 0.15) is 11.4 Å². The van der Waals surface area contributed by atoms with Gasteiger partial charge in [0.15, 0.2) is 10.9 Å². The lowest BCUT2D eigenvalue weighted by Gasteiger charge is -2.31. The number of anilines is 2. The molecule has 10 heteroatoms. The highest BCUT2D eigenvalue weighted by molar-refractivity contribution is 7.18. The van der Waals surface area contributed by atoms with Crippen LogP contribution in [-0.2, 0) is 6.54 Å². The van der Waals surface area contributed by atoms with Crippen molar-refractivity contribution in [3.05, 3.63) is 66.4 Å². The number of ether oxygens (including phenoxy) is 1. The third kappa shape index (κ3) is 5.71. The minimum absolute atomic E-state index is 0.311. The van der Waals surface area contributed by atoms with Crippen LogP contribution in [0.4, 0.5) is 10.9 Å². The Morgan fingerprint density at radius 1 is 0.971 bits per heavy atom. The van der Waals surface area contributed by atoms with Crippen molar-refractivity contribution in [1.29, 1.82) is 0 Å². The van der Waals surface area contributed by atoms with Crippen molar-refractivity contribution < 1.29 is 4.74 Å². The Hall–Kier alpha value is -3.47. The highest BCUT2D eigenvalue weighted by Gasteiger charge is 2.15. The van der Waals surface area contributed by atoms with Gasteiger partial charge in [-0.05, 0) is 32.2 Å². The van der Waals surface area contributed by atoms with E-state index in [0.717, 1.165) is 59.8 Å². The summed E-state index contributed by atoms with van der Waals surface area (Å²) in [6, 6.07) is 11.7. The van der Waals surface area contributed by atoms with Gasteiger partial charge in [-0.25, -0.2) is 15.0 Å². The number of rotatable bonds is 7. The van der Waals surface area contributed by atoms with Gasteiger partial charge in [-0.2, -0.15) is 4.98 Å². The summed E-state index contributed by atoms with van der Waals surface area (Å²) in [7, 11) is 2.16. The van der Waals surface area contributed by atoms with Gasteiger partial charge in [0.2, 0.25) is 0 Å². The number of likely N-dealkylation sites (N-methyl/N-ethyl adjacent to an activating group) is 1. The van der Waals surface area contributed by atoms with Crippen LogP contribution >= 0.6 is 11.3 Å². The number of nitrogens with zero attached hydrogens (tertiary/aromatic N) is 7. The molecule has 1 saturated heterocycles. The van der Waals surface area contributed by atoms with Crippen molar-refractivity contribution in [3.8, 4) is 22.3 Å². The number of para-hydroxylation sites is 1. The smallest absolute Gasteiger partial charge is 0.322 e. The zero-order valence-electron chi connectivity index (χ0n) is 19.2. The minimum atomic E-state index is 0.311. The Morgan fingerprint density at radius 2 is 1.79 bits per heavy atom. The summed E-state index contributed by atoms with van der Waals surface area (Å²) < 4.78 is 5.82. The second-order valence-electron chi connectivity index (χ2n) is 8.22. The van der Waals surface area contributed by atoms with Crippen LogP contribution in [0.3, 0.4) is 0 Å². The number of hydrogen-bond acceptors (Lipinski definition) is 10. The largest absolute Gasteiger partial charge is 0.424 e. The van der Waals surface area contributed by atoms with Crippen molar-refractivity contribution in [2.24, 2.45) is 0 Å². The first kappa shape index (κ1) is 22.3. The van der Waals surface area contributed by atoms with Gasteiger partial charge >= 0.3 is 6.01 Å². The lowest BCUT2D eigenvalue weighted by atomic mass is 10.3. The molecule has 9 nitrogen and oxygen atoms in total.